The molecule has 0 aromatic carbocycles. The summed E-state index contributed by atoms with van der Waals surface area (Å²) < 4.78 is 26.2. The largest absolute Gasteiger partial charge is 1.00 e. The Morgan fingerprint density at radius 1 is 0.520 bits per heavy atom. The van der Waals surface area contributed by atoms with Gasteiger partial charge in [0, 0.05) is 20.1 Å². The molecule has 1 rings (SSSR count). The van der Waals surface area contributed by atoms with Crippen LogP contribution in [0.3, 0.4) is 0 Å². The summed E-state index contributed by atoms with van der Waals surface area (Å²) in [4.78, 5) is 42.9. The second-order valence-corrected chi connectivity index (χ2v) is 6.84. The minimum Gasteiger partial charge on any atom is -0.358 e. The molecule has 0 amide bonds. The first kappa shape index (κ1) is 41.5. The van der Waals surface area contributed by atoms with E-state index in [1.807, 2.05) is 0 Å². The van der Waals surface area contributed by atoms with Gasteiger partial charge >= 0.3 is 54.3 Å². The summed E-state index contributed by atoms with van der Waals surface area (Å²) in [5, 5.41) is 0. The molecular weight excluding hydrogens is 584 g/mol. The van der Waals surface area contributed by atoms with Crippen molar-refractivity contribution in [2.24, 2.45) is 29.6 Å². The maximum atomic E-state index is 8.74. The fraction of sp³-hybridized carbons (Fsp3) is 0.909. The molecule has 0 unspecified atom stereocenters. The van der Waals surface area contributed by atoms with Gasteiger partial charge in [-0.05, 0) is 29.6 Å². The van der Waals surface area contributed by atoms with Crippen LogP contribution in [0, 0.1) is 37.0 Å². The first-order valence-corrected chi connectivity index (χ1v) is 10.4. The minimum absolute atomic E-state index is 0. The van der Waals surface area contributed by atoms with Crippen LogP contribution >= 0.6 is 24.8 Å². The topological polar surface area (TPSA) is 173 Å². The van der Waals surface area contributed by atoms with E-state index >= 15 is 0 Å². The minimum atomic E-state index is -3.13. The summed E-state index contributed by atoms with van der Waals surface area (Å²) in [5.74, 6) is 4.68. The molecule has 0 atom stereocenters. The molecule has 14 heteroatoms. The Bertz CT molecular complexity index is 280. The average molecular weight is 616 g/mol. The van der Waals surface area contributed by atoms with E-state index in [1.54, 1.807) is 0 Å². The van der Waals surface area contributed by atoms with Crippen molar-refractivity contribution >= 4 is 24.8 Å². The number of rotatable bonds is 0. The second-order valence-electron chi connectivity index (χ2n) is 5.14. The normalized spacial score (nSPS) is 26.4. The van der Waals surface area contributed by atoms with E-state index in [9.17, 15) is 0 Å². The molecule has 1 radical (unpaired) electrons. The van der Waals surface area contributed by atoms with Crippen LogP contribution in [0.15, 0.2) is 0 Å². The SMILES string of the molecule is CC1C(C)C(C)C(C)C1C.O=[PH](O)O.O=[PH](O)O.O=[PH](O)O.[CH3-].[Ir].[Na+]. The predicted molar refractivity (Wildman–Crippen MR) is 92.6 cm³/mol. The predicted octanol–water partition coefficient (Wildman–Crippen LogP) is -1.29. The molecule has 0 aromatic rings. The van der Waals surface area contributed by atoms with Gasteiger partial charge in [-0.15, -0.1) is 0 Å². The van der Waals surface area contributed by atoms with Gasteiger partial charge in [-0.2, -0.15) is 0 Å². The third kappa shape index (κ3) is 31.0. The zero-order chi connectivity index (χ0) is 18.6. The third-order valence-electron chi connectivity index (χ3n) is 4.15. The average Bonchev–Trinajstić information content (AvgIpc) is 2.45. The Hall–Kier alpha value is 2.10. The van der Waals surface area contributed by atoms with Gasteiger partial charge in [0.25, 0.3) is 0 Å². The Balaban J connectivity index is -0.0000000520. The molecule has 155 valence electrons. The Kier molecular flexibility index (Phi) is 40.0. The first-order valence-electron chi connectivity index (χ1n) is 6.51. The van der Waals surface area contributed by atoms with Gasteiger partial charge in [-0.3, -0.25) is 13.7 Å². The van der Waals surface area contributed by atoms with Gasteiger partial charge in [0.2, 0.25) is 0 Å². The molecule has 0 spiro atoms. The summed E-state index contributed by atoms with van der Waals surface area (Å²) in [5.41, 5.74) is 0. The molecule has 0 aliphatic heterocycles. The fourth-order valence-corrected chi connectivity index (χ4v) is 2.39. The molecule has 6 N–H and O–H groups in total. The molecule has 1 saturated carbocycles. The molecule has 25 heavy (non-hydrogen) atoms. The van der Waals surface area contributed by atoms with Crippen LogP contribution < -0.4 is 29.6 Å². The quantitative estimate of drug-likeness (QED) is 0.110. The van der Waals surface area contributed by atoms with Crippen molar-refractivity contribution in [3.05, 3.63) is 7.43 Å². The Labute approximate surface area is 188 Å². The number of hydrogen-bond donors (Lipinski definition) is 6. The first-order chi connectivity index (χ1) is 9.75. The van der Waals surface area contributed by atoms with Crippen molar-refractivity contribution in [3.8, 4) is 0 Å². The van der Waals surface area contributed by atoms with E-state index in [2.05, 4.69) is 34.6 Å². The maximum absolute atomic E-state index is 8.74. The van der Waals surface area contributed by atoms with Crippen LogP contribution in [-0.4, -0.2) is 29.4 Å². The van der Waals surface area contributed by atoms with E-state index in [0.717, 1.165) is 29.6 Å². The molecule has 0 heterocycles. The van der Waals surface area contributed by atoms with Crippen molar-refractivity contribution in [1.29, 1.82) is 0 Å². The van der Waals surface area contributed by atoms with Crippen molar-refractivity contribution in [3.63, 3.8) is 0 Å². The monoisotopic (exact) mass is 617 g/mol. The van der Waals surface area contributed by atoms with Gasteiger partial charge in [0.05, 0.1) is 0 Å². The van der Waals surface area contributed by atoms with Gasteiger partial charge in [-0.1, -0.05) is 34.6 Å². The summed E-state index contributed by atoms with van der Waals surface area (Å²) in [6.45, 7) is 12.0. The van der Waals surface area contributed by atoms with Crippen molar-refractivity contribution in [1.82, 2.24) is 0 Å². The van der Waals surface area contributed by atoms with E-state index in [-0.39, 0.29) is 57.1 Å². The molecule has 1 aliphatic carbocycles. The molecule has 0 bridgehead atoms. The van der Waals surface area contributed by atoms with Crippen LogP contribution in [0.1, 0.15) is 34.6 Å². The molecule has 9 nitrogen and oxygen atoms in total. The maximum Gasteiger partial charge on any atom is 1.00 e. The fourth-order valence-electron chi connectivity index (χ4n) is 2.39. The summed E-state index contributed by atoms with van der Waals surface area (Å²) in [6.07, 6.45) is 0. The van der Waals surface area contributed by atoms with Crippen LogP contribution in [0.4, 0.5) is 0 Å². The van der Waals surface area contributed by atoms with Crippen LogP contribution in [0.25, 0.3) is 0 Å². The summed E-state index contributed by atoms with van der Waals surface area (Å²) >= 11 is 0. The van der Waals surface area contributed by atoms with E-state index in [1.165, 1.54) is 0 Å². The molecule has 0 saturated heterocycles. The zero-order valence-corrected chi connectivity index (χ0v) is 23.0. The van der Waals surface area contributed by atoms with Crippen molar-refractivity contribution in [2.45, 2.75) is 34.6 Å². The van der Waals surface area contributed by atoms with Gasteiger partial charge in [0.1, 0.15) is 0 Å². The molecule has 0 aromatic heterocycles. The van der Waals surface area contributed by atoms with E-state index < -0.39 is 24.8 Å². The van der Waals surface area contributed by atoms with Crippen molar-refractivity contribution < 1.29 is 92.7 Å². The zero-order valence-electron chi connectivity index (χ0n) is 15.6. The van der Waals surface area contributed by atoms with Crippen molar-refractivity contribution in [2.75, 3.05) is 0 Å². The molecule has 1 fully saturated rings. The van der Waals surface area contributed by atoms with E-state index in [4.69, 9.17) is 43.1 Å². The van der Waals surface area contributed by atoms with E-state index in [0.29, 0.717) is 0 Å². The molecular formula is C11H32IrNaO9P3. The van der Waals surface area contributed by atoms with Crippen LogP contribution in [0.5, 0.6) is 0 Å². The summed E-state index contributed by atoms with van der Waals surface area (Å²) in [7, 11) is -9.39. The summed E-state index contributed by atoms with van der Waals surface area (Å²) in [6, 6.07) is 0. The van der Waals surface area contributed by atoms with Crippen LogP contribution in [-0.2, 0) is 33.8 Å². The standard InChI is InChI=1S/C10H20.CH3.Ir.Na.3H3O3P/c1-6-7(2)9(4)10(5)8(6)3;;;;3*1-4(2)3/h6-10H,1-5H3;1H3;;;3*4H,(H2,1,2,3)/q;-1;;+1;;;. The van der Waals surface area contributed by atoms with Crippen LogP contribution in [0.2, 0.25) is 0 Å². The second kappa shape index (κ2) is 24.1. The third-order valence-corrected chi connectivity index (χ3v) is 4.15. The van der Waals surface area contributed by atoms with Gasteiger partial charge < -0.3 is 36.8 Å². The number of hydrogen-bond acceptors (Lipinski definition) is 3. The van der Waals surface area contributed by atoms with Gasteiger partial charge in [0.15, 0.2) is 0 Å². The smallest absolute Gasteiger partial charge is 0.358 e. The Morgan fingerprint density at radius 2 is 0.560 bits per heavy atom. The Morgan fingerprint density at radius 3 is 0.600 bits per heavy atom. The molecule has 1 aliphatic rings. The van der Waals surface area contributed by atoms with Gasteiger partial charge in [-0.25, -0.2) is 0 Å².